The number of aromatic amines is 1. The lowest BCUT2D eigenvalue weighted by atomic mass is 10.0. The number of hydrogen-bond acceptors (Lipinski definition) is 3. The van der Waals surface area contributed by atoms with Gasteiger partial charge in [-0.05, 0) is 33.6 Å². The summed E-state index contributed by atoms with van der Waals surface area (Å²) in [5.74, 6) is 0.678. The number of aryl methyl sites for hydroxylation is 1. The summed E-state index contributed by atoms with van der Waals surface area (Å²) in [5.41, 5.74) is 1.90. The van der Waals surface area contributed by atoms with Gasteiger partial charge in [-0.3, -0.25) is 4.79 Å². The Morgan fingerprint density at radius 3 is 2.61 bits per heavy atom. The number of fused-ring (bicyclic) bond motifs is 1. The molecular formula is C12H17NO3P2. The molecule has 1 heterocycles. The van der Waals surface area contributed by atoms with E-state index in [9.17, 15) is 4.79 Å². The molecule has 98 valence electrons. The van der Waals surface area contributed by atoms with Gasteiger partial charge in [0.1, 0.15) is 5.75 Å². The van der Waals surface area contributed by atoms with Crippen LogP contribution in [0.5, 0.6) is 5.75 Å². The second kappa shape index (κ2) is 7.48. The number of pyridine rings is 1. The Kier molecular flexibility index (Phi) is 6.28. The number of H-pyrrole nitrogens is 1. The van der Waals surface area contributed by atoms with Gasteiger partial charge < -0.3 is 14.4 Å². The van der Waals surface area contributed by atoms with Gasteiger partial charge in [-0.1, -0.05) is 19.4 Å². The van der Waals surface area contributed by atoms with Crippen LogP contribution in [0.4, 0.5) is 0 Å². The fourth-order valence-corrected chi connectivity index (χ4v) is 2.07. The maximum absolute atomic E-state index is 11.3. The summed E-state index contributed by atoms with van der Waals surface area (Å²) in [5, 5.41) is 1.06. The average Bonchev–Trinajstić information content (AvgIpc) is 2.41. The van der Waals surface area contributed by atoms with Crippen molar-refractivity contribution in [1.82, 2.24) is 4.98 Å². The van der Waals surface area contributed by atoms with Gasteiger partial charge >= 0.3 is 0 Å². The molecule has 2 aromatic rings. The third-order valence-corrected chi connectivity index (χ3v) is 2.85. The van der Waals surface area contributed by atoms with Crippen molar-refractivity contribution in [3.05, 3.63) is 40.2 Å². The highest BCUT2D eigenvalue weighted by Gasteiger charge is 2.06. The van der Waals surface area contributed by atoms with Crippen molar-refractivity contribution in [1.29, 1.82) is 0 Å². The zero-order valence-electron chi connectivity index (χ0n) is 10.1. The molecule has 0 saturated carbocycles. The van der Waals surface area contributed by atoms with Crippen LogP contribution < -0.4 is 10.1 Å². The highest BCUT2D eigenvalue weighted by atomic mass is 31.0. The van der Waals surface area contributed by atoms with Crippen molar-refractivity contribution in [3.63, 3.8) is 0 Å². The van der Waals surface area contributed by atoms with Crippen LogP contribution in [0.1, 0.15) is 18.9 Å². The molecule has 0 aliphatic heterocycles. The molecule has 18 heavy (non-hydrogen) atoms. The van der Waals surface area contributed by atoms with Crippen molar-refractivity contribution in [2.75, 3.05) is 0 Å². The monoisotopic (exact) mass is 285 g/mol. The number of aromatic nitrogens is 1. The number of rotatable bonds is 3. The summed E-state index contributed by atoms with van der Waals surface area (Å²) in [6.07, 6.45) is 2.08. The van der Waals surface area contributed by atoms with Crippen LogP contribution in [0, 0.1) is 0 Å². The minimum Gasteiger partial charge on any atom is -0.478 e. The zero-order valence-corrected chi connectivity index (χ0v) is 12.5. The topological polar surface area (TPSA) is 62.3 Å². The van der Waals surface area contributed by atoms with E-state index in [1.165, 1.54) is 15.0 Å². The Balaban J connectivity index is 0.000000771. The predicted molar refractivity (Wildman–Crippen MR) is 80.8 cm³/mol. The summed E-state index contributed by atoms with van der Waals surface area (Å²) in [4.78, 5) is 21.0. The van der Waals surface area contributed by atoms with E-state index in [0.29, 0.717) is 5.75 Å². The van der Waals surface area contributed by atoms with E-state index < -0.39 is 0 Å². The summed E-state index contributed by atoms with van der Waals surface area (Å²) < 4.78 is 5.16. The molecule has 0 bridgehead atoms. The molecule has 2 unspecified atom stereocenters. The quantitative estimate of drug-likeness (QED) is 0.851. The van der Waals surface area contributed by atoms with E-state index in [2.05, 4.69) is 21.4 Å². The standard InChI is InChI=1S/C12H14NO2P.H3OP/c1-2-3-8-4-6-10(15-16)12-9(8)5-7-11(14)13-12;1-2/h4-7H,2-3,16H2,1H3,(H,13,14);1H,2H2. The number of benzene rings is 1. The number of hydrogen-bond donors (Lipinski definition) is 2. The third kappa shape index (κ3) is 3.29. The van der Waals surface area contributed by atoms with Crippen molar-refractivity contribution in [2.45, 2.75) is 19.8 Å². The highest BCUT2D eigenvalue weighted by Crippen LogP contribution is 2.27. The molecule has 2 atom stereocenters. The summed E-state index contributed by atoms with van der Waals surface area (Å²) >= 11 is 0. The van der Waals surface area contributed by atoms with E-state index in [4.69, 9.17) is 9.42 Å². The molecule has 2 rings (SSSR count). The fourth-order valence-electron chi connectivity index (χ4n) is 1.87. The largest absolute Gasteiger partial charge is 0.478 e. The molecule has 0 spiro atoms. The molecule has 0 fully saturated rings. The van der Waals surface area contributed by atoms with Gasteiger partial charge in [0.25, 0.3) is 0 Å². The highest BCUT2D eigenvalue weighted by molar-refractivity contribution is 7.10. The lowest BCUT2D eigenvalue weighted by Crippen LogP contribution is -2.04. The molecule has 0 aliphatic carbocycles. The molecule has 1 aromatic carbocycles. The second-order valence-corrected chi connectivity index (χ2v) is 3.94. The van der Waals surface area contributed by atoms with Crippen LogP contribution in [0.3, 0.4) is 0 Å². The van der Waals surface area contributed by atoms with Gasteiger partial charge in [0, 0.05) is 11.5 Å². The number of nitrogens with one attached hydrogen (secondary N) is 1. The Labute approximate surface area is 110 Å². The van der Waals surface area contributed by atoms with Crippen molar-refractivity contribution in [2.24, 2.45) is 0 Å². The van der Waals surface area contributed by atoms with E-state index in [0.717, 1.165) is 23.7 Å². The Morgan fingerprint density at radius 2 is 2.00 bits per heavy atom. The predicted octanol–water partition coefficient (Wildman–Crippen LogP) is 2.42. The van der Waals surface area contributed by atoms with Crippen LogP contribution in [-0.4, -0.2) is 9.88 Å². The van der Waals surface area contributed by atoms with Gasteiger partial charge in [0.2, 0.25) is 5.56 Å². The Hall–Kier alpha value is -0.950. The molecule has 0 saturated heterocycles. The smallest absolute Gasteiger partial charge is 0.248 e. The van der Waals surface area contributed by atoms with E-state index >= 15 is 0 Å². The first-order valence-electron chi connectivity index (χ1n) is 5.53. The van der Waals surface area contributed by atoms with Crippen LogP contribution in [0.15, 0.2) is 29.1 Å². The van der Waals surface area contributed by atoms with Gasteiger partial charge in [0.05, 0.1) is 15.0 Å². The van der Waals surface area contributed by atoms with E-state index in [1.54, 1.807) is 6.07 Å². The molecule has 0 aliphatic rings. The maximum atomic E-state index is 11.3. The van der Waals surface area contributed by atoms with Crippen LogP contribution in [0.2, 0.25) is 0 Å². The minimum absolute atomic E-state index is 0.107. The lowest BCUT2D eigenvalue weighted by molar-refractivity contribution is 0.651. The average molecular weight is 285 g/mol. The summed E-state index contributed by atoms with van der Waals surface area (Å²) in [7, 11) is 3.62. The minimum atomic E-state index is -0.107. The Bertz CT molecular complexity index is 569. The maximum Gasteiger partial charge on any atom is 0.248 e. The third-order valence-electron chi connectivity index (χ3n) is 2.59. The first-order valence-corrected chi connectivity index (χ1v) is 6.52. The zero-order chi connectivity index (χ0) is 13.5. The second-order valence-electron chi connectivity index (χ2n) is 3.70. The molecule has 4 nitrogen and oxygen atoms in total. The SMILES string of the molecule is CCCc1ccc(OP)c2[nH]c(=O)ccc12.OP. The van der Waals surface area contributed by atoms with Crippen LogP contribution in [-0.2, 0) is 6.42 Å². The van der Waals surface area contributed by atoms with E-state index in [1.807, 2.05) is 18.2 Å². The molecule has 6 heteroatoms. The summed E-state index contributed by atoms with van der Waals surface area (Å²) in [6, 6.07) is 7.33. The first-order chi connectivity index (χ1) is 8.76. The van der Waals surface area contributed by atoms with Crippen molar-refractivity contribution >= 4 is 29.8 Å². The van der Waals surface area contributed by atoms with Crippen molar-refractivity contribution < 1.29 is 9.42 Å². The molecule has 2 N–H and O–H groups in total. The van der Waals surface area contributed by atoms with Gasteiger partial charge in [-0.15, -0.1) is 0 Å². The molecule has 0 radical (unpaired) electrons. The normalized spacial score (nSPS) is 9.78. The summed E-state index contributed by atoms with van der Waals surface area (Å²) in [6.45, 7) is 2.14. The van der Waals surface area contributed by atoms with Crippen molar-refractivity contribution in [3.8, 4) is 5.75 Å². The van der Waals surface area contributed by atoms with Gasteiger partial charge in [-0.25, -0.2) is 0 Å². The van der Waals surface area contributed by atoms with Crippen LogP contribution >= 0.6 is 18.9 Å². The molecular weight excluding hydrogens is 268 g/mol. The fraction of sp³-hybridized carbons (Fsp3) is 0.250. The molecule has 1 aromatic heterocycles. The molecule has 0 amide bonds. The lowest BCUT2D eigenvalue weighted by Gasteiger charge is -2.08. The van der Waals surface area contributed by atoms with Gasteiger partial charge in [-0.2, -0.15) is 0 Å². The van der Waals surface area contributed by atoms with Gasteiger partial charge in [0.15, 0.2) is 0 Å². The Morgan fingerprint density at radius 1 is 1.28 bits per heavy atom. The van der Waals surface area contributed by atoms with E-state index in [-0.39, 0.29) is 5.56 Å². The van der Waals surface area contributed by atoms with Crippen LogP contribution in [0.25, 0.3) is 10.9 Å². The first kappa shape index (κ1) is 15.1.